The highest BCUT2D eigenvalue weighted by atomic mass is 28.4. The third-order valence-corrected chi connectivity index (χ3v) is 8.89. The first-order valence-corrected chi connectivity index (χ1v) is 10.5. The molecule has 0 aliphatic rings. The van der Waals surface area contributed by atoms with Gasteiger partial charge >= 0.3 is 0 Å². The highest BCUT2D eigenvalue weighted by Gasteiger charge is 2.39. The molecule has 0 bridgehead atoms. The minimum atomic E-state index is -1.93. The zero-order valence-electron chi connectivity index (χ0n) is 14.5. The zero-order valence-corrected chi connectivity index (χ0v) is 15.5. The number of nitrogens with one attached hydrogen (secondary N) is 1. The molecule has 1 unspecified atom stereocenters. The first-order valence-electron chi connectivity index (χ1n) is 7.60. The van der Waals surface area contributed by atoms with Gasteiger partial charge in [-0.1, -0.05) is 34.3 Å². The van der Waals surface area contributed by atoms with Crippen LogP contribution in [0.1, 0.15) is 47.0 Å². The predicted molar refractivity (Wildman–Crippen MR) is 92.2 cm³/mol. The summed E-state index contributed by atoms with van der Waals surface area (Å²) in [5.74, 6) is -0.396. The Hall–Kier alpha value is -0.943. The Balaban J connectivity index is 4.73. The lowest BCUT2D eigenvalue weighted by molar-refractivity contribution is -0.121. The molecule has 0 heterocycles. The fourth-order valence-electron chi connectivity index (χ4n) is 1.69. The van der Waals surface area contributed by atoms with Gasteiger partial charge in [0.15, 0.2) is 8.32 Å². The minimum Gasteiger partial charge on any atom is -0.408 e. The molecule has 0 rings (SSSR count). The second-order valence-electron chi connectivity index (χ2n) is 7.26. The van der Waals surface area contributed by atoms with Crippen LogP contribution in [0.25, 0.3) is 0 Å². The van der Waals surface area contributed by atoms with Gasteiger partial charge in [0.2, 0.25) is 5.91 Å². The monoisotopic (exact) mass is 312 g/mol. The number of amides is 1. The molecule has 0 aromatic carbocycles. The molecule has 0 saturated carbocycles. The summed E-state index contributed by atoms with van der Waals surface area (Å²) >= 11 is 0. The standard InChI is InChI=1S/C16H32N2O2Si/c1-8-13(17)14(11-9-10-12(2)15(18)19)20-21(6,7)16(3,4)5/h8,12,14,17H,1,9-11H2,2-7H3,(H2,18,19)/t12-,14?/m1/s1. The predicted octanol–water partition coefficient (Wildman–Crippen LogP) is 3.87. The van der Waals surface area contributed by atoms with E-state index in [9.17, 15) is 4.79 Å². The van der Waals surface area contributed by atoms with Gasteiger partial charge in [-0.2, -0.15) is 0 Å². The van der Waals surface area contributed by atoms with Crippen molar-refractivity contribution < 1.29 is 9.22 Å². The van der Waals surface area contributed by atoms with Gasteiger partial charge < -0.3 is 15.6 Å². The van der Waals surface area contributed by atoms with Crippen LogP contribution in [0.4, 0.5) is 0 Å². The van der Waals surface area contributed by atoms with Crippen LogP contribution in [0, 0.1) is 11.3 Å². The van der Waals surface area contributed by atoms with E-state index >= 15 is 0 Å². The molecule has 0 aliphatic heterocycles. The molecular formula is C16H32N2O2Si. The number of nitrogens with two attached hydrogens (primary N) is 1. The highest BCUT2D eigenvalue weighted by molar-refractivity contribution is 6.74. The summed E-state index contributed by atoms with van der Waals surface area (Å²) in [6, 6.07) is 0. The van der Waals surface area contributed by atoms with E-state index in [1.807, 2.05) is 6.92 Å². The second-order valence-corrected chi connectivity index (χ2v) is 12.0. The molecule has 0 fully saturated rings. The van der Waals surface area contributed by atoms with Crippen molar-refractivity contribution in [1.82, 2.24) is 0 Å². The van der Waals surface area contributed by atoms with Gasteiger partial charge in [0, 0.05) is 5.92 Å². The average molecular weight is 313 g/mol. The summed E-state index contributed by atoms with van der Waals surface area (Å²) in [5, 5.41) is 8.14. The minimum absolute atomic E-state index is 0.104. The smallest absolute Gasteiger partial charge is 0.220 e. The van der Waals surface area contributed by atoms with Gasteiger partial charge in [0.25, 0.3) is 0 Å². The summed E-state index contributed by atoms with van der Waals surface area (Å²) < 4.78 is 6.32. The van der Waals surface area contributed by atoms with Crippen LogP contribution >= 0.6 is 0 Å². The Morgan fingerprint density at radius 2 is 1.90 bits per heavy atom. The Morgan fingerprint density at radius 3 is 2.29 bits per heavy atom. The molecule has 0 aliphatic carbocycles. The third-order valence-electron chi connectivity index (χ3n) is 4.40. The maximum absolute atomic E-state index is 11.1. The van der Waals surface area contributed by atoms with Crippen LogP contribution in [0.2, 0.25) is 18.1 Å². The Kier molecular flexibility index (Phi) is 7.54. The number of primary amides is 1. The van der Waals surface area contributed by atoms with E-state index in [1.54, 1.807) is 6.08 Å². The molecule has 0 spiro atoms. The van der Waals surface area contributed by atoms with Crippen LogP contribution < -0.4 is 5.73 Å². The largest absolute Gasteiger partial charge is 0.408 e. The first-order chi connectivity index (χ1) is 9.42. The first kappa shape index (κ1) is 20.1. The molecule has 21 heavy (non-hydrogen) atoms. The lowest BCUT2D eigenvalue weighted by Crippen LogP contribution is -2.45. The van der Waals surface area contributed by atoms with Crippen molar-refractivity contribution in [3.05, 3.63) is 12.7 Å². The fourth-order valence-corrected chi connectivity index (χ4v) is 3.00. The van der Waals surface area contributed by atoms with Crippen LogP contribution in [-0.4, -0.2) is 26.0 Å². The average Bonchev–Trinajstić information content (AvgIpc) is 2.34. The molecule has 2 atom stereocenters. The lowest BCUT2D eigenvalue weighted by atomic mass is 10.0. The lowest BCUT2D eigenvalue weighted by Gasteiger charge is -2.39. The SMILES string of the molecule is C=CC(=N)C(CCC[C@@H](C)C(N)=O)O[Si](C)(C)C(C)(C)C. The fraction of sp³-hybridized carbons (Fsp3) is 0.750. The Bertz CT molecular complexity index is 386. The molecule has 0 saturated heterocycles. The highest BCUT2D eigenvalue weighted by Crippen LogP contribution is 2.38. The molecular weight excluding hydrogens is 280 g/mol. The molecule has 5 heteroatoms. The zero-order chi connectivity index (χ0) is 16.8. The molecule has 1 amide bonds. The van der Waals surface area contributed by atoms with Gasteiger partial charge in [0.05, 0.1) is 11.8 Å². The van der Waals surface area contributed by atoms with Crippen molar-refractivity contribution in [2.45, 2.75) is 71.2 Å². The molecule has 122 valence electrons. The number of carbonyl (C=O) groups excluding carboxylic acids is 1. The topological polar surface area (TPSA) is 76.2 Å². The van der Waals surface area contributed by atoms with Gasteiger partial charge in [-0.25, -0.2) is 0 Å². The number of hydrogen-bond acceptors (Lipinski definition) is 3. The molecule has 0 aromatic heterocycles. The quantitative estimate of drug-likeness (QED) is 0.501. The molecule has 3 N–H and O–H groups in total. The molecule has 4 nitrogen and oxygen atoms in total. The Labute approximate surface area is 130 Å². The van der Waals surface area contributed by atoms with Crippen LogP contribution in [-0.2, 0) is 9.22 Å². The van der Waals surface area contributed by atoms with Crippen molar-refractivity contribution in [2.75, 3.05) is 0 Å². The normalized spacial score (nSPS) is 15.3. The number of rotatable bonds is 9. The van der Waals surface area contributed by atoms with Crippen LogP contribution in [0.5, 0.6) is 0 Å². The summed E-state index contributed by atoms with van der Waals surface area (Å²) in [5.41, 5.74) is 5.70. The second kappa shape index (κ2) is 7.89. The summed E-state index contributed by atoms with van der Waals surface area (Å²) in [7, 11) is -1.93. The third kappa shape index (κ3) is 6.57. The van der Waals surface area contributed by atoms with Gasteiger partial charge in [-0.3, -0.25) is 4.79 Å². The van der Waals surface area contributed by atoms with E-state index in [-0.39, 0.29) is 23.0 Å². The van der Waals surface area contributed by atoms with E-state index in [2.05, 4.69) is 40.4 Å². The maximum Gasteiger partial charge on any atom is 0.220 e. The van der Waals surface area contributed by atoms with Gasteiger partial charge in [0.1, 0.15) is 0 Å². The van der Waals surface area contributed by atoms with Crippen molar-refractivity contribution in [3.8, 4) is 0 Å². The van der Waals surface area contributed by atoms with Crippen molar-refractivity contribution >= 4 is 19.9 Å². The van der Waals surface area contributed by atoms with Gasteiger partial charge in [-0.05, 0) is 43.5 Å². The number of hydrogen-bond donors (Lipinski definition) is 2. The van der Waals surface area contributed by atoms with Crippen molar-refractivity contribution in [2.24, 2.45) is 11.7 Å². The molecule has 0 radical (unpaired) electrons. The Morgan fingerprint density at radius 1 is 1.38 bits per heavy atom. The maximum atomic E-state index is 11.1. The van der Waals surface area contributed by atoms with Crippen molar-refractivity contribution in [1.29, 1.82) is 5.41 Å². The summed E-state index contributed by atoms with van der Waals surface area (Å²) in [4.78, 5) is 11.1. The summed E-state index contributed by atoms with van der Waals surface area (Å²) in [6.45, 7) is 16.4. The van der Waals surface area contributed by atoms with E-state index in [0.29, 0.717) is 5.71 Å². The molecule has 0 aromatic rings. The van der Waals surface area contributed by atoms with Gasteiger partial charge in [-0.15, -0.1) is 0 Å². The van der Waals surface area contributed by atoms with E-state index in [0.717, 1.165) is 19.3 Å². The van der Waals surface area contributed by atoms with Crippen LogP contribution in [0.3, 0.4) is 0 Å². The summed E-state index contributed by atoms with van der Waals surface area (Å²) in [6.07, 6.45) is 3.60. The number of carbonyl (C=O) groups is 1. The van der Waals surface area contributed by atoms with Crippen LogP contribution in [0.15, 0.2) is 12.7 Å². The van der Waals surface area contributed by atoms with E-state index < -0.39 is 8.32 Å². The van der Waals surface area contributed by atoms with E-state index in [4.69, 9.17) is 15.6 Å². The van der Waals surface area contributed by atoms with E-state index in [1.165, 1.54) is 0 Å². The van der Waals surface area contributed by atoms with Crippen molar-refractivity contribution in [3.63, 3.8) is 0 Å².